The van der Waals surface area contributed by atoms with Crippen LogP contribution in [0.3, 0.4) is 0 Å². The summed E-state index contributed by atoms with van der Waals surface area (Å²) in [6.07, 6.45) is 19.1. The molecular weight excluding hydrogens is 252 g/mol. The average molecular weight is 280 g/mol. The van der Waals surface area contributed by atoms with E-state index in [-0.39, 0.29) is 0 Å². The van der Waals surface area contributed by atoms with Crippen LogP contribution in [0.15, 0.2) is 47.6 Å². The van der Waals surface area contributed by atoms with Crippen molar-refractivity contribution >= 4 is 0 Å². The molecule has 0 N–H and O–H groups in total. The molecule has 0 amide bonds. The SMILES string of the molecule is C=CC1=CC[C@H]2[C@@H]3CCC4=CCCC[C@]4(C)C3=CC[C@]12C. The van der Waals surface area contributed by atoms with Crippen LogP contribution in [0.5, 0.6) is 0 Å². The lowest BCUT2D eigenvalue weighted by Crippen LogP contribution is -2.43. The third-order valence-electron chi connectivity index (χ3n) is 7.26. The van der Waals surface area contributed by atoms with Crippen LogP contribution in [0, 0.1) is 22.7 Å². The molecule has 4 aliphatic carbocycles. The zero-order valence-electron chi connectivity index (χ0n) is 13.6. The summed E-state index contributed by atoms with van der Waals surface area (Å²) in [6.45, 7) is 9.09. The van der Waals surface area contributed by atoms with E-state index in [1.54, 1.807) is 11.1 Å². The van der Waals surface area contributed by atoms with E-state index in [1.165, 1.54) is 50.5 Å². The van der Waals surface area contributed by atoms with Gasteiger partial charge in [-0.3, -0.25) is 0 Å². The summed E-state index contributed by atoms with van der Waals surface area (Å²) in [5.41, 5.74) is 5.84. The van der Waals surface area contributed by atoms with Crippen molar-refractivity contribution in [2.45, 2.75) is 58.8 Å². The lowest BCUT2D eigenvalue weighted by Gasteiger charge is -2.53. The van der Waals surface area contributed by atoms with Crippen LogP contribution < -0.4 is 0 Å². The molecular formula is C21H28. The minimum absolute atomic E-state index is 0.363. The molecule has 0 spiro atoms. The maximum absolute atomic E-state index is 4.06. The fourth-order valence-corrected chi connectivity index (χ4v) is 5.97. The van der Waals surface area contributed by atoms with Crippen molar-refractivity contribution in [2.24, 2.45) is 22.7 Å². The van der Waals surface area contributed by atoms with E-state index >= 15 is 0 Å². The molecule has 0 aromatic heterocycles. The monoisotopic (exact) mass is 280 g/mol. The third-order valence-corrected chi connectivity index (χ3v) is 7.26. The van der Waals surface area contributed by atoms with Crippen LogP contribution in [0.2, 0.25) is 0 Å². The quantitative estimate of drug-likeness (QED) is 0.518. The molecule has 0 unspecified atom stereocenters. The van der Waals surface area contributed by atoms with Crippen LogP contribution in [0.1, 0.15) is 58.8 Å². The Labute approximate surface area is 129 Å². The van der Waals surface area contributed by atoms with E-state index in [0.29, 0.717) is 10.8 Å². The van der Waals surface area contributed by atoms with Gasteiger partial charge in [0.15, 0.2) is 0 Å². The molecule has 1 fully saturated rings. The van der Waals surface area contributed by atoms with E-state index in [2.05, 4.69) is 44.7 Å². The number of hydrogen-bond acceptors (Lipinski definition) is 0. The van der Waals surface area contributed by atoms with Gasteiger partial charge in [0.05, 0.1) is 0 Å². The third kappa shape index (κ3) is 1.68. The smallest absolute Gasteiger partial charge is 0.00952 e. The van der Waals surface area contributed by atoms with E-state index < -0.39 is 0 Å². The van der Waals surface area contributed by atoms with Gasteiger partial charge in [-0.15, -0.1) is 0 Å². The fraction of sp³-hybridized carbons (Fsp3) is 0.619. The maximum atomic E-state index is 4.06. The van der Waals surface area contributed by atoms with Crippen molar-refractivity contribution in [3.05, 3.63) is 47.6 Å². The molecule has 4 aliphatic rings. The molecule has 0 heterocycles. The van der Waals surface area contributed by atoms with Gasteiger partial charge in [-0.25, -0.2) is 0 Å². The molecule has 0 saturated heterocycles. The summed E-state index contributed by atoms with van der Waals surface area (Å²) < 4.78 is 0. The molecule has 0 nitrogen and oxygen atoms in total. The largest absolute Gasteiger partial charge is 0.0988 e. The number of rotatable bonds is 1. The molecule has 0 bridgehead atoms. The summed E-state index contributed by atoms with van der Waals surface area (Å²) in [6, 6.07) is 0. The molecule has 4 rings (SSSR count). The van der Waals surface area contributed by atoms with Crippen LogP contribution in [-0.4, -0.2) is 0 Å². The summed E-state index contributed by atoms with van der Waals surface area (Å²) in [5, 5.41) is 0. The highest BCUT2D eigenvalue weighted by Crippen LogP contribution is 2.63. The van der Waals surface area contributed by atoms with Crippen molar-refractivity contribution in [3.63, 3.8) is 0 Å². The van der Waals surface area contributed by atoms with E-state index in [1.807, 2.05) is 0 Å². The first kappa shape index (κ1) is 13.6. The van der Waals surface area contributed by atoms with Gasteiger partial charge in [0.1, 0.15) is 0 Å². The molecule has 112 valence electrons. The zero-order chi connectivity index (χ0) is 14.7. The number of allylic oxidation sites excluding steroid dienone is 7. The Morgan fingerprint density at radius 1 is 1.24 bits per heavy atom. The second-order valence-corrected chi connectivity index (χ2v) is 8.09. The van der Waals surface area contributed by atoms with Gasteiger partial charge in [0.2, 0.25) is 0 Å². The lowest BCUT2D eigenvalue weighted by atomic mass is 9.51. The summed E-state index contributed by atoms with van der Waals surface area (Å²) in [7, 11) is 0. The summed E-state index contributed by atoms with van der Waals surface area (Å²) >= 11 is 0. The van der Waals surface area contributed by atoms with E-state index in [9.17, 15) is 0 Å². The van der Waals surface area contributed by atoms with E-state index in [4.69, 9.17) is 0 Å². The Morgan fingerprint density at radius 2 is 2.10 bits per heavy atom. The van der Waals surface area contributed by atoms with Crippen molar-refractivity contribution in [1.29, 1.82) is 0 Å². The second kappa shape index (κ2) is 4.48. The fourth-order valence-electron chi connectivity index (χ4n) is 5.97. The maximum Gasteiger partial charge on any atom is 0.00952 e. The summed E-state index contributed by atoms with van der Waals surface area (Å²) in [4.78, 5) is 0. The van der Waals surface area contributed by atoms with Crippen LogP contribution in [0.4, 0.5) is 0 Å². The molecule has 21 heavy (non-hydrogen) atoms. The Balaban J connectivity index is 1.76. The molecule has 0 radical (unpaired) electrons. The van der Waals surface area contributed by atoms with Gasteiger partial charge < -0.3 is 0 Å². The molecule has 0 aromatic rings. The predicted molar refractivity (Wildman–Crippen MR) is 90.0 cm³/mol. The van der Waals surface area contributed by atoms with Gasteiger partial charge in [-0.1, -0.05) is 55.9 Å². The average Bonchev–Trinajstić information content (AvgIpc) is 2.83. The van der Waals surface area contributed by atoms with Crippen LogP contribution >= 0.6 is 0 Å². The first-order valence-electron chi connectivity index (χ1n) is 8.83. The standard InChI is InChI=1S/C21H28/c1-4-15-9-11-18-17-10-8-16-7-5-6-13-20(16,2)19(17)12-14-21(15,18)3/h4,7,9,12,17-18H,1,5-6,8,10-11,13-14H2,2-3H3/t17-,18-,20-,21+/m0/s1. The van der Waals surface area contributed by atoms with Crippen molar-refractivity contribution in [3.8, 4) is 0 Å². The molecule has 1 saturated carbocycles. The topological polar surface area (TPSA) is 0 Å². The Hall–Kier alpha value is -1.04. The molecule has 0 aliphatic heterocycles. The number of fused-ring (bicyclic) bond motifs is 5. The Bertz CT molecular complexity index is 573. The minimum atomic E-state index is 0.363. The highest BCUT2D eigenvalue weighted by Gasteiger charge is 2.52. The first-order valence-corrected chi connectivity index (χ1v) is 8.83. The Kier molecular flexibility index (Phi) is 2.90. The van der Waals surface area contributed by atoms with Crippen molar-refractivity contribution in [1.82, 2.24) is 0 Å². The normalized spacial score (nSPS) is 44.8. The van der Waals surface area contributed by atoms with Crippen molar-refractivity contribution < 1.29 is 0 Å². The van der Waals surface area contributed by atoms with Crippen LogP contribution in [0.25, 0.3) is 0 Å². The van der Waals surface area contributed by atoms with Gasteiger partial charge in [-0.2, -0.15) is 0 Å². The minimum Gasteiger partial charge on any atom is -0.0988 e. The summed E-state index contributed by atoms with van der Waals surface area (Å²) in [5.74, 6) is 1.64. The molecule has 0 aromatic carbocycles. The van der Waals surface area contributed by atoms with Gasteiger partial charge >= 0.3 is 0 Å². The molecule has 4 atom stereocenters. The van der Waals surface area contributed by atoms with E-state index in [0.717, 1.165) is 11.8 Å². The first-order chi connectivity index (χ1) is 10.1. The predicted octanol–water partition coefficient (Wildman–Crippen LogP) is 5.98. The highest BCUT2D eigenvalue weighted by atomic mass is 14.6. The van der Waals surface area contributed by atoms with Crippen molar-refractivity contribution in [2.75, 3.05) is 0 Å². The van der Waals surface area contributed by atoms with Gasteiger partial charge in [-0.05, 0) is 67.8 Å². The van der Waals surface area contributed by atoms with Gasteiger partial charge in [0, 0.05) is 5.41 Å². The molecule has 0 heteroatoms. The highest BCUT2D eigenvalue weighted by molar-refractivity contribution is 5.42. The number of hydrogen-bond donors (Lipinski definition) is 0. The Morgan fingerprint density at radius 3 is 2.90 bits per heavy atom. The van der Waals surface area contributed by atoms with Crippen LogP contribution in [-0.2, 0) is 0 Å². The van der Waals surface area contributed by atoms with Gasteiger partial charge in [0.25, 0.3) is 0 Å². The zero-order valence-corrected chi connectivity index (χ0v) is 13.6. The second-order valence-electron chi connectivity index (χ2n) is 8.09. The lowest BCUT2D eigenvalue weighted by molar-refractivity contribution is 0.138.